The summed E-state index contributed by atoms with van der Waals surface area (Å²) in [4.78, 5) is 0. The lowest BCUT2D eigenvalue weighted by molar-refractivity contribution is 0.543. The summed E-state index contributed by atoms with van der Waals surface area (Å²) in [6.45, 7) is 9.16. The normalized spacial score (nSPS) is 12.1. The minimum Gasteiger partial charge on any atom is -0.330 e. The van der Waals surface area contributed by atoms with E-state index >= 15 is 0 Å². The average Bonchev–Trinajstić information content (AvgIpc) is 2.54. The molecule has 0 atom stereocenters. The van der Waals surface area contributed by atoms with E-state index in [1.54, 1.807) is 0 Å². The molecule has 0 aliphatic heterocycles. The van der Waals surface area contributed by atoms with Crippen LogP contribution in [-0.4, -0.2) is 22.9 Å². The Hall–Kier alpha value is -0.870. The summed E-state index contributed by atoms with van der Waals surface area (Å²) < 4.78 is 1.89. The highest BCUT2D eigenvalue weighted by Crippen LogP contribution is 2.23. The summed E-state index contributed by atoms with van der Waals surface area (Å²) in [7, 11) is 1.97. The van der Waals surface area contributed by atoms with Gasteiger partial charge in [-0.15, -0.1) is 0 Å². The van der Waals surface area contributed by atoms with Crippen LogP contribution in [0.4, 0.5) is 0 Å². The maximum absolute atomic E-state index is 5.45. The zero-order valence-electron chi connectivity index (χ0n) is 10.9. The molecule has 1 aromatic rings. The summed E-state index contributed by atoms with van der Waals surface area (Å²) in [5.41, 5.74) is 8.02. The van der Waals surface area contributed by atoms with Crippen LogP contribution in [0.5, 0.6) is 0 Å². The molecular weight excluding hydrogens is 200 g/mol. The first-order valence-electron chi connectivity index (χ1n) is 5.89. The van der Waals surface area contributed by atoms with E-state index in [2.05, 4.69) is 37.4 Å². The van der Waals surface area contributed by atoms with Gasteiger partial charge in [-0.05, 0) is 19.5 Å². The van der Waals surface area contributed by atoms with Crippen LogP contribution in [0, 0.1) is 0 Å². The number of nitrogens with one attached hydrogen (secondary N) is 1. The Balaban J connectivity index is 2.65. The van der Waals surface area contributed by atoms with E-state index in [4.69, 9.17) is 5.73 Å². The molecule has 1 aromatic heterocycles. The van der Waals surface area contributed by atoms with Gasteiger partial charge in [0.15, 0.2) is 0 Å². The van der Waals surface area contributed by atoms with Crippen LogP contribution in [0.2, 0.25) is 0 Å². The third kappa shape index (κ3) is 3.61. The molecular formula is C12H24N4. The van der Waals surface area contributed by atoms with E-state index in [9.17, 15) is 0 Å². The van der Waals surface area contributed by atoms with Gasteiger partial charge in [0.05, 0.1) is 5.69 Å². The van der Waals surface area contributed by atoms with Crippen molar-refractivity contribution in [2.75, 3.05) is 13.1 Å². The van der Waals surface area contributed by atoms with Gasteiger partial charge in [0.1, 0.15) is 0 Å². The van der Waals surface area contributed by atoms with Crippen LogP contribution in [-0.2, 0) is 19.0 Å². The van der Waals surface area contributed by atoms with Crippen molar-refractivity contribution < 1.29 is 0 Å². The number of hydrogen-bond acceptors (Lipinski definition) is 3. The fourth-order valence-corrected chi connectivity index (χ4v) is 1.75. The first kappa shape index (κ1) is 13.2. The number of nitrogens with zero attached hydrogens (tertiary/aromatic N) is 2. The van der Waals surface area contributed by atoms with Crippen molar-refractivity contribution in [1.29, 1.82) is 0 Å². The zero-order chi connectivity index (χ0) is 12.2. The van der Waals surface area contributed by atoms with Crippen molar-refractivity contribution in [3.63, 3.8) is 0 Å². The smallest absolute Gasteiger partial charge is 0.0722 e. The van der Waals surface area contributed by atoms with Gasteiger partial charge >= 0.3 is 0 Å². The lowest BCUT2D eigenvalue weighted by atomic mass is 9.89. The van der Waals surface area contributed by atoms with Crippen molar-refractivity contribution in [3.05, 3.63) is 17.5 Å². The summed E-state index contributed by atoms with van der Waals surface area (Å²) in [6, 6.07) is 0. The van der Waals surface area contributed by atoms with Gasteiger partial charge in [0.2, 0.25) is 0 Å². The number of aryl methyl sites for hydroxylation is 1. The van der Waals surface area contributed by atoms with E-state index in [1.165, 1.54) is 11.3 Å². The van der Waals surface area contributed by atoms with E-state index in [-0.39, 0.29) is 5.41 Å². The molecule has 0 fully saturated rings. The molecule has 0 aliphatic carbocycles. The van der Waals surface area contributed by atoms with Crippen molar-refractivity contribution in [2.24, 2.45) is 12.8 Å². The van der Waals surface area contributed by atoms with Crippen molar-refractivity contribution >= 4 is 0 Å². The number of hydrogen-bond donors (Lipinski definition) is 2. The van der Waals surface area contributed by atoms with Crippen molar-refractivity contribution in [2.45, 2.75) is 39.2 Å². The van der Waals surface area contributed by atoms with E-state index in [0.29, 0.717) is 0 Å². The maximum atomic E-state index is 5.45. The Morgan fingerprint density at radius 1 is 1.44 bits per heavy atom. The molecule has 0 saturated heterocycles. The van der Waals surface area contributed by atoms with Crippen LogP contribution in [0.3, 0.4) is 0 Å². The van der Waals surface area contributed by atoms with E-state index in [1.807, 2.05) is 11.7 Å². The molecule has 16 heavy (non-hydrogen) atoms. The van der Waals surface area contributed by atoms with Gasteiger partial charge in [-0.2, -0.15) is 5.10 Å². The second-order valence-corrected chi connectivity index (χ2v) is 5.25. The van der Waals surface area contributed by atoms with Gasteiger partial charge in [-0.25, -0.2) is 0 Å². The molecule has 1 rings (SSSR count). The minimum atomic E-state index is 0.103. The largest absolute Gasteiger partial charge is 0.330 e. The van der Waals surface area contributed by atoms with Crippen LogP contribution in [0.1, 0.15) is 38.4 Å². The number of rotatable bonds is 5. The second kappa shape index (κ2) is 5.46. The van der Waals surface area contributed by atoms with Gasteiger partial charge < -0.3 is 11.1 Å². The van der Waals surface area contributed by atoms with Crippen molar-refractivity contribution in [1.82, 2.24) is 15.1 Å². The monoisotopic (exact) mass is 224 g/mol. The summed E-state index contributed by atoms with van der Waals surface area (Å²) in [5, 5.41) is 7.93. The quantitative estimate of drug-likeness (QED) is 0.738. The fourth-order valence-electron chi connectivity index (χ4n) is 1.75. The Kier molecular flexibility index (Phi) is 4.50. The lowest BCUT2D eigenvalue weighted by Gasteiger charge is -2.17. The molecule has 0 spiro atoms. The molecule has 1 heterocycles. The first-order chi connectivity index (χ1) is 7.45. The second-order valence-electron chi connectivity index (χ2n) is 5.25. The first-order valence-corrected chi connectivity index (χ1v) is 5.89. The van der Waals surface area contributed by atoms with Gasteiger partial charge in [0.25, 0.3) is 0 Å². The summed E-state index contributed by atoms with van der Waals surface area (Å²) >= 11 is 0. The van der Waals surface area contributed by atoms with E-state index in [0.717, 1.165) is 26.1 Å². The molecule has 0 aromatic carbocycles. The Bertz CT molecular complexity index is 322. The molecule has 0 aliphatic rings. The van der Waals surface area contributed by atoms with Crippen LogP contribution in [0.25, 0.3) is 0 Å². The topological polar surface area (TPSA) is 55.9 Å². The highest BCUT2D eigenvalue weighted by atomic mass is 15.3. The summed E-state index contributed by atoms with van der Waals surface area (Å²) in [5.74, 6) is 0. The van der Waals surface area contributed by atoms with Crippen LogP contribution in [0.15, 0.2) is 6.20 Å². The van der Waals surface area contributed by atoms with Gasteiger partial charge in [-0.3, -0.25) is 4.68 Å². The molecule has 0 bridgehead atoms. The lowest BCUT2D eigenvalue weighted by Crippen LogP contribution is -2.21. The predicted octanol–water partition coefficient (Wildman–Crippen LogP) is 1.16. The molecule has 92 valence electrons. The number of nitrogens with two attached hydrogens (primary N) is 1. The fraction of sp³-hybridized carbons (Fsp3) is 0.750. The van der Waals surface area contributed by atoms with Crippen LogP contribution >= 0.6 is 0 Å². The predicted molar refractivity (Wildman–Crippen MR) is 67.3 cm³/mol. The SMILES string of the molecule is Cn1cc(CNCCCN)c(C(C)(C)C)n1. The standard InChI is InChI=1S/C12H24N4/c1-12(2,3)11-10(9-16(4)15-11)8-14-7-5-6-13/h9,14H,5-8,13H2,1-4H3. The molecule has 4 nitrogen and oxygen atoms in total. The van der Waals surface area contributed by atoms with E-state index < -0.39 is 0 Å². The maximum Gasteiger partial charge on any atom is 0.0722 e. The molecule has 0 unspecified atom stereocenters. The molecule has 0 radical (unpaired) electrons. The highest BCUT2D eigenvalue weighted by Gasteiger charge is 2.21. The average molecular weight is 224 g/mol. The number of aromatic nitrogens is 2. The Morgan fingerprint density at radius 3 is 2.69 bits per heavy atom. The Morgan fingerprint density at radius 2 is 2.12 bits per heavy atom. The third-order valence-corrected chi connectivity index (χ3v) is 2.49. The zero-order valence-corrected chi connectivity index (χ0v) is 10.9. The highest BCUT2D eigenvalue weighted by molar-refractivity contribution is 5.23. The summed E-state index contributed by atoms with van der Waals surface area (Å²) in [6.07, 6.45) is 3.11. The minimum absolute atomic E-state index is 0.103. The van der Waals surface area contributed by atoms with Gasteiger partial charge in [-0.1, -0.05) is 20.8 Å². The molecule has 3 N–H and O–H groups in total. The molecule has 0 saturated carbocycles. The van der Waals surface area contributed by atoms with Gasteiger partial charge in [0, 0.05) is 30.8 Å². The molecule has 0 amide bonds. The molecule has 4 heteroatoms. The Labute approximate surface area is 98.2 Å². The third-order valence-electron chi connectivity index (χ3n) is 2.49. The van der Waals surface area contributed by atoms with Crippen LogP contribution < -0.4 is 11.1 Å². The van der Waals surface area contributed by atoms with Crippen molar-refractivity contribution in [3.8, 4) is 0 Å².